The first kappa shape index (κ1) is 15.0. The van der Waals surface area contributed by atoms with Crippen LogP contribution in [-0.4, -0.2) is 23.1 Å². The molecule has 0 atom stereocenters. The molecular formula is C15H20FN5. The minimum atomic E-state index is -0.220. The third-order valence-corrected chi connectivity index (χ3v) is 2.93. The highest BCUT2D eigenvalue weighted by atomic mass is 19.1. The van der Waals surface area contributed by atoms with Crippen molar-refractivity contribution >= 4 is 17.6 Å². The van der Waals surface area contributed by atoms with E-state index in [0.717, 1.165) is 24.9 Å². The number of hydrogen-bond donors (Lipinski definition) is 3. The van der Waals surface area contributed by atoms with Crippen molar-refractivity contribution in [1.82, 2.24) is 9.97 Å². The van der Waals surface area contributed by atoms with Crippen molar-refractivity contribution in [3.63, 3.8) is 0 Å². The minimum Gasteiger partial charge on any atom is -0.370 e. The summed E-state index contributed by atoms with van der Waals surface area (Å²) >= 11 is 0. The molecule has 112 valence electrons. The van der Waals surface area contributed by atoms with Gasteiger partial charge in [-0.15, -0.1) is 0 Å². The quantitative estimate of drug-likeness (QED) is 0.730. The van der Waals surface area contributed by atoms with Crippen LogP contribution in [0.15, 0.2) is 30.3 Å². The van der Waals surface area contributed by atoms with Crippen LogP contribution in [0, 0.1) is 5.82 Å². The number of nitrogens with zero attached hydrogens (tertiary/aromatic N) is 2. The maximum absolute atomic E-state index is 12.8. The van der Waals surface area contributed by atoms with E-state index in [1.807, 2.05) is 6.07 Å². The molecule has 0 radical (unpaired) electrons. The lowest BCUT2D eigenvalue weighted by Gasteiger charge is -2.09. The number of benzene rings is 1. The summed E-state index contributed by atoms with van der Waals surface area (Å²) in [5, 5.41) is 6.38. The fourth-order valence-electron chi connectivity index (χ4n) is 1.89. The van der Waals surface area contributed by atoms with Gasteiger partial charge in [0.25, 0.3) is 0 Å². The van der Waals surface area contributed by atoms with Crippen LogP contribution in [0.5, 0.6) is 0 Å². The van der Waals surface area contributed by atoms with Crippen molar-refractivity contribution in [3.05, 3.63) is 41.7 Å². The van der Waals surface area contributed by atoms with Crippen LogP contribution in [0.2, 0.25) is 0 Å². The van der Waals surface area contributed by atoms with Gasteiger partial charge in [-0.1, -0.05) is 19.1 Å². The van der Waals surface area contributed by atoms with E-state index in [4.69, 9.17) is 5.73 Å². The predicted octanol–water partition coefficient (Wildman–Crippen LogP) is 2.67. The van der Waals surface area contributed by atoms with Crippen molar-refractivity contribution in [2.45, 2.75) is 19.8 Å². The Hall–Kier alpha value is -2.37. The molecule has 6 heteroatoms. The van der Waals surface area contributed by atoms with Gasteiger partial charge in [-0.25, -0.2) is 4.39 Å². The van der Waals surface area contributed by atoms with E-state index in [0.29, 0.717) is 18.2 Å². The van der Waals surface area contributed by atoms with Gasteiger partial charge in [0.1, 0.15) is 17.5 Å². The van der Waals surface area contributed by atoms with Gasteiger partial charge < -0.3 is 16.4 Å². The third-order valence-electron chi connectivity index (χ3n) is 2.93. The van der Waals surface area contributed by atoms with E-state index in [9.17, 15) is 4.39 Å². The molecule has 0 amide bonds. The zero-order valence-electron chi connectivity index (χ0n) is 12.1. The van der Waals surface area contributed by atoms with Crippen molar-refractivity contribution in [2.75, 3.05) is 29.5 Å². The first-order valence-electron chi connectivity index (χ1n) is 7.04. The molecule has 0 unspecified atom stereocenters. The van der Waals surface area contributed by atoms with E-state index in [2.05, 4.69) is 27.5 Å². The van der Waals surface area contributed by atoms with Gasteiger partial charge in [-0.3, -0.25) is 0 Å². The van der Waals surface area contributed by atoms with Crippen LogP contribution >= 0.6 is 0 Å². The number of nitrogens with two attached hydrogens (primary N) is 1. The van der Waals surface area contributed by atoms with Gasteiger partial charge >= 0.3 is 0 Å². The van der Waals surface area contributed by atoms with Gasteiger partial charge in [-0.2, -0.15) is 9.97 Å². The molecule has 1 aromatic carbocycles. The summed E-state index contributed by atoms with van der Waals surface area (Å²) in [5.41, 5.74) is 6.75. The van der Waals surface area contributed by atoms with Crippen molar-refractivity contribution < 1.29 is 4.39 Å². The molecule has 0 bridgehead atoms. The molecule has 1 heterocycles. The Morgan fingerprint density at radius 1 is 1.05 bits per heavy atom. The van der Waals surface area contributed by atoms with Gasteiger partial charge in [0.05, 0.1) is 0 Å². The summed E-state index contributed by atoms with van der Waals surface area (Å²) in [7, 11) is 0. The number of nitrogen functional groups attached to an aromatic ring is 1. The Bertz CT molecular complexity index is 571. The average molecular weight is 289 g/mol. The number of halogens is 1. The molecule has 0 aliphatic carbocycles. The molecule has 0 saturated carbocycles. The van der Waals surface area contributed by atoms with Crippen LogP contribution in [0.1, 0.15) is 18.9 Å². The first-order valence-corrected chi connectivity index (χ1v) is 7.04. The summed E-state index contributed by atoms with van der Waals surface area (Å²) in [6.45, 7) is 3.61. The number of anilines is 3. The van der Waals surface area contributed by atoms with E-state index in [1.165, 1.54) is 12.1 Å². The number of nitrogens with one attached hydrogen (secondary N) is 2. The molecule has 0 fully saturated rings. The topological polar surface area (TPSA) is 75.9 Å². The van der Waals surface area contributed by atoms with Crippen molar-refractivity contribution in [3.8, 4) is 0 Å². The summed E-state index contributed by atoms with van der Waals surface area (Å²) in [5.74, 6) is 1.42. The highest BCUT2D eigenvalue weighted by Crippen LogP contribution is 2.12. The lowest BCUT2D eigenvalue weighted by Crippen LogP contribution is -2.10. The molecule has 21 heavy (non-hydrogen) atoms. The van der Waals surface area contributed by atoms with Crippen LogP contribution < -0.4 is 16.4 Å². The fourth-order valence-corrected chi connectivity index (χ4v) is 1.89. The molecule has 4 N–H and O–H groups in total. The van der Waals surface area contributed by atoms with E-state index in [1.54, 1.807) is 12.1 Å². The predicted molar refractivity (Wildman–Crippen MR) is 83.8 cm³/mol. The van der Waals surface area contributed by atoms with Crippen molar-refractivity contribution in [2.24, 2.45) is 0 Å². The maximum atomic E-state index is 12.8. The Morgan fingerprint density at radius 3 is 2.29 bits per heavy atom. The summed E-state index contributed by atoms with van der Waals surface area (Å²) in [6.07, 6.45) is 1.79. The van der Waals surface area contributed by atoms with E-state index < -0.39 is 0 Å². The Labute approximate surface area is 123 Å². The first-order chi connectivity index (χ1) is 10.2. The second-order valence-electron chi connectivity index (χ2n) is 4.73. The van der Waals surface area contributed by atoms with Crippen LogP contribution in [0.3, 0.4) is 0 Å². The third kappa shape index (κ3) is 4.91. The Balaban J connectivity index is 1.90. The molecular weight excluding hydrogens is 269 g/mol. The number of hydrogen-bond acceptors (Lipinski definition) is 5. The zero-order chi connectivity index (χ0) is 15.1. The maximum Gasteiger partial charge on any atom is 0.223 e. The van der Waals surface area contributed by atoms with Crippen LogP contribution in [0.25, 0.3) is 0 Å². The number of rotatable bonds is 7. The zero-order valence-corrected chi connectivity index (χ0v) is 12.1. The monoisotopic (exact) mass is 289 g/mol. The molecule has 0 spiro atoms. The summed E-state index contributed by atoms with van der Waals surface area (Å²) in [4.78, 5) is 8.26. The smallest absolute Gasteiger partial charge is 0.223 e. The van der Waals surface area contributed by atoms with Gasteiger partial charge in [0, 0.05) is 19.2 Å². The molecule has 5 nitrogen and oxygen atoms in total. The molecule has 2 rings (SSSR count). The number of aromatic nitrogens is 2. The minimum absolute atomic E-state index is 0.220. The van der Waals surface area contributed by atoms with Gasteiger partial charge in [0.15, 0.2) is 0 Å². The second-order valence-corrected chi connectivity index (χ2v) is 4.73. The standard InChI is InChI=1S/C15H20FN5/c1-2-8-18-13-10-14(21-15(17)20-13)19-9-7-11-3-5-12(16)6-4-11/h3-6,10H,2,7-9H2,1H3,(H4,17,18,19,20,21). The highest BCUT2D eigenvalue weighted by molar-refractivity contribution is 5.51. The summed E-state index contributed by atoms with van der Waals surface area (Å²) in [6, 6.07) is 8.31. The van der Waals surface area contributed by atoms with Crippen LogP contribution in [0.4, 0.5) is 22.0 Å². The molecule has 0 aliphatic heterocycles. The Morgan fingerprint density at radius 2 is 1.67 bits per heavy atom. The largest absolute Gasteiger partial charge is 0.370 e. The SMILES string of the molecule is CCCNc1cc(NCCc2ccc(F)cc2)nc(N)n1. The lowest BCUT2D eigenvalue weighted by molar-refractivity contribution is 0.627. The fraction of sp³-hybridized carbons (Fsp3) is 0.333. The molecule has 0 aliphatic rings. The lowest BCUT2D eigenvalue weighted by atomic mass is 10.1. The molecule has 1 aromatic heterocycles. The average Bonchev–Trinajstić information content (AvgIpc) is 2.47. The molecule has 2 aromatic rings. The molecule has 0 saturated heterocycles. The van der Waals surface area contributed by atoms with E-state index >= 15 is 0 Å². The van der Waals surface area contributed by atoms with Crippen LogP contribution in [-0.2, 0) is 6.42 Å². The van der Waals surface area contributed by atoms with Gasteiger partial charge in [-0.05, 0) is 30.5 Å². The van der Waals surface area contributed by atoms with E-state index in [-0.39, 0.29) is 11.8 Å². The van der Waals surface area contributed by atoms with Gasteiger partial charge in [0.2, 0.25) is 5.95 Å². The second kappa shape index (κ2) is 7.42. The normalized spacial score (nSPS) is 10.4. The Kier molecular flexibility index (Phi) is 5.31. The highest BCUT2D eigenvalue weighted by Gasteiger charge is 2.02. The summed E-state index contributed by atoms with van der Waals surface area (Å²) < 4.78 is 12.8. The van der Waals surface area contributed by atoms with Crippen molar-refractivity contribution in [1.29, 1.82) is 0 Å².